The fourth-order valence-corrected chi connectivity index (χ4v) is 4.99. The number of hydrogen-bond donors (Lipinski definition) is 2. The zero-order chi connectivity index (χ0) is 19.6. The predicted molar refractivity (Wildman–Crippen MR) is 112 cm³/mol. The Balaban J connectivity index is 1.94. The van der Waals surface area contributed by atoms with Crippen LogP contribution in [0.4, 0.5) is 5.00 Å². The maximum Gasteiger partial charge on any atom is 0.256 e. The number of hydrogen-bond acceptors (Lipinski definition) is 3. The largest absolute Gasteiger partial charge is 0.352 e. The van der Waals surface area contributed by atoms with Crippen LogP contribution in [-0.4, -0.2) is 18.4 Å². The van der Waals surface area contributed by atoms with Crippen molar-refractivity contribution in [1.82, 2.24) is 5.32 Å². The molecule has 0 radical (unpaired) electrons. The summed E-state index contributed by atoms with van der Waals surface area (Å²) in [6.07, 6.45) is 2.93. The van der Waals surface area contributed by atoms with Crippen LogP contribution in [0.15, 0.2) is 30.3 Å². The summed E-state index contributed by atoms with van der Waals surface area (Å²) in [6.45, 7) is 9.31. The minimum absolute atomic E-state index is 0.0902. The summed E-state index contributed by atoms with van der Waals surface area (Å²) in [5.41, 5.74) is 2.61. The minimum Gasteiger partial charge on any atom is -0.352 e. The van der Waals surface area contributed by atoms with Gasteiger partial charge in [-0.2, -0.15) is 0 Å². The molecule has 0 fully saturated rings. The molecule has 2 amide bonds. The molecule has 1 unspecified atom stereocenters. The van der Waals surface area contributed by atoms with E-state index in [9.17, 15) is 9.59 Å². The van der Waals surface area contributed by atoms with Gasteiger partial charge in [0.15, 0.2) is 0 Å². The quantitative estimate of drug-likeness (QED) is 0.787. The van der Waals surface area contributed by atoms with Crippen molar-refractivity contribution in [2.45, 2.75) is 47.0 Å². The first kappa shape index (κ1) is 19.6. The van der Waals surface area contributed by atoms with E-state index in [-0.39, 0.29) is 17.2 Å². The van der Waals surface area contributed by atoms with Crippen LogP contribution in [-0.2, 0) is 12.8 Å². The Morgan fingerprint density at radius 3 is 2.48 bits per heavy atom. The minimum atomic E-state index is -0.174. The van der Waals surface area contributed by atoms with E-state index in [1.165, 1.54) is 4.88 Å². The van der Waals surface area contributed by atoms with E-state index in [0.717, 1.165) is 24.8 Å². The topological polar surface area (TPSA) is 58.2 Å². The van der Waals surface area contributed by atoms with Gasteiger partial charge in [-0.3, -0.25) is 9.59 Å². The smallest absolute Gasteiger partial charge is 0.256 e. The number of carbonyl (C=O) groups is 2. The Labute approximate surface area is 165 Å². The van der Waals surface area contributed by atoms with Crippen LogP contribution in [0, 0.1) is 11.3 Å². The molecule has 4 nitrogen and oxygen atoms in total. The average Bonchev–Trinajstić information content (AvgIpc) is 2.99. The number of nitrogens with one attached hydrogen (secondary N) is 2. The van der Waals surface area contributed by atoms with Crippen LogP contribution in [0.1, 0.15) is 65.3 Å². The van der Waals surface area contributed by atoms with Crippen LogP contribution < -0.4 is 10.6 Å². The zero-order valence-electron chi connectivity index (χ0n) is 16.5. The van der Waals surface area contributed by atoms with Crippen molar-refractivity contribution in [3.05, 3.63) is 51.9 Å². The van der Waals surface area contributed by atoms with Crippen LogP contribution >= 0.6 is 11.3 Å². The van der Waals surface area contributed by atoms with E-state index in [1.807, 2.05) is 25.1 Å². The molecule has 1 atom stereocenters. The third-order valence-corrected chi connectivity index (χ3v) is 6.49. The highest BCUT2D eigenvalue weighted by atomic mass is 32.1. The number of rotatable bonds is 4. The monoisotopic (exact) mass is 384 g/mol. The average molecular weight is 385 g/mol. The fraction of sp³-hybridized carbons (Fsp3) is 0.455. The fourth-order valence-electron chi connectivity index (χ4n) is 3.67. The van der Waals surface area contributed by atoms with E-state index < -0.39 is 0 Å². The van der Waals surface area contributed by atoms with Gasteiger partial charge in [0, 0.05) is 17.0 Å². The van der Waals surface area contributed by atoms with Crippen molar-refractivity contribution in [2.24, 2.45) is 11.3 Å². The van der Waals surface area contributed by atoms with E-state index >= 15 is 0 Å². The van der Waals surface area contributed by atoms with Gasteiger partial charge in [-0.15, -0.1) is 11.3 Å². The lowest BCUT2D eigenvalue weighted by molar-refractivity contribution is 0.0955. The molecule has 0 saturated carbocycles. The highest BCUT2D eigenvalue weighted by molar-refractivity contribution is 7.17. The Bertz CT molecular complexity index is 834. The predicted octanol–water partition coefficient (Wildman–Crippen LogP) is 4.90. The molecule has 1 heterocycles. The second-order valence-electron chi connectivity index (χ2n) is 8.19. The first-order valence-corrected chi connectivity index (χ1v) is 10.4. The number of amides is 2. The third kappa shape index (κ3) is 4.24. The summed E-state index contributed by atoms with van der Waals surface area (Å²) in [5, 5.41) is 6.58. The van der Waals surface area contributed by atoms with Gasteiger partial charge in [0.05, 0.1) is 5.56 Å². The van der Waals surface area contributed by atoms with Gasteiger partial charge >= 0.3 is 0 Å². The van der Waals surface area contributed by atoms with Crippen LogP contribution in [0.2, 0.25) is 0 Å². The molecule has 27 heavy (non-hydrogen) atoms. The van der Waals surface area contributed by atoms with Gasteiger partial charge in [-0.1, -0.05) is 39.0 Å². The maximum absolute atomic E-state index is 12.7. The van der Waals surface area contributed by atoms with Crippen molar-refractivity contribution in [2.75, 3.05) is 11.9 Å². The Hall–Kier alpha value is -2.14. The number of thiophene rings is 1. The summed E-state index contributed by atoms with van der Waals surface area (Å²) in [5.74, 6) is 0.322. The number of carbonyl (C=O) groups excluding carboxylic acids is 2. The van der Waals surface area contributed by atoms with Gasteiger partial charge in [-0.25, -0.2) is 0 Å². The number of anilines is 1. The molecule has 2 N–H and O–H groups in total. The molecular formula is C22H28N2O2S. The van der Waals surface area contributed by atoms with Crippen molar-refractivity contribution in [3.8, 4) is 0 Å². The number of benzene rings is 1. The standard InChI is InChI=1S/C22H28N2O2S/c1-5-23-20(26)18-16-12-11-15(22(2,3)4)13-17(16)27-21(18)24-19(25)14-9-7-6-8-10-14/h6-10,15H,5,11-13H2,1-4H3,(H,23,26)(H,24,25). The summed E-state index contributed by atoms with van der Waals surface area (Å²) < 4.78 is 0. The van der Waals surface area contributed by atoms with Crippen LogP contribution in [0.3, 0.4) is 0 Å². The molecule has 2 aromatic rings. The SMILES string of the molecule is CCNC(=O)c1c(NC(=O)c2ccccc2)sc2c1CCC(C(C)(C)C)C2. The highest BCUT2D eigenvalue weighted by Crippen LogP contribution is 2.44. The van der Waals surface area contributed by atoms with Gasteiger partial charge in [0.1, 0.15) is 5.00 Å². The first-order chi connectivity index (χ1) is 12.8. The first-order valence-electron chi connectivity index (χ1n) is 9.60. The summed E-state index contributed by atoms with van der Waals surface area (Å²) in [7, 11) is 0. The molecular weight excluding hydrogens is 356 g/mol. The molecule has 5 heteroatoms. The molecule has 1 aliphatic carbocycles. The van der Waals surface area contributed by atoms with Gasteiger partial charge in [0.2, 0.25) is 0 Å². The van der Waals surface area contributed by atoms with E-state index in [2.05, 4.69) is 31.4 Å². The molecule has 0 aliphatic heterocycles. The number of fused-ring (bicyclic) bond motifs is 1. The van der Waals surface area contributed by atoms with Gasteiger partial charge in [0.25, 0.3) is 11.8 Å². The van der Waals surface area contributed by atoms with Gasteiger partial charge < -0.3 is 10.6 Å². The maximum atomic E-state index is 12.7. The zero-order valence-corrected chi connectivity index (χ0v) is 17.3. The Morgan fingerprint density at radius 2 is 1.85 bits per heavy atom. The van der Waals surface area contributed by atoms with Crippen molar-refractivity contribution in [3.63, 3.8) is 0 Å². The lowest BCUT2D eigenvalue weighted by atomic mass is 9.72. The molecule has 1 aliphatic rings. The molecule has 3 rings (SSSR count). The van der Waals surface area contributed by atoms with E-state index in [0.29, 0.717) is 28.6 Å². The Kier molecular flexibility index (Phi) is 5.70. The summed E-state index contributed by atoms with van der Waals surface area (Å²) in [6, 6.07) is 9.13. The van der Waals surface area contributed by atoms with E-state index in [1.54, 1.807) is 23.5 Å². The van der Waals surface area contributed by atoms with Crippen molar-refractivity contribution < 1.29 is 9.59 Å². The second-order valence-corrected chi connectivity index (χ2v) is 9.30. The summed E-state index contributed by atoms with van der Waals surface area (Å²) in [4.78, 5) is 26.6. The summed E-state index contributed by atoms with van der Waals surface area (Å²) >= 11 is 1.57. The third-order valence-electron chi connectivity index (χ3n) is 5.32. The van der Waals surface area contributed by atoms with E-state index in [4.69, 9.17) is 0 Å². The van der Waals surface area contributed by atoms with Crippen molar-refractivity contribution >= 4 is 28.2 Å². The molecule has 0 spiro atoms. The normalized spacial score (nSPS) is 16.5. The van der Waals surface area contributed by atoms with Gasteiger partial charge in [-0.05, 0) is 55.2 Å². The molecule has 1 aromatic carbocycles. The highest BCUT2D eigenvalue weighted by Gasteiger charge is 2.34. The Morgan fingerprint density at radius 1 is 1.15 bits per heavy atom. The molecule has 1 aromatic heterocycles. The van der Waals surface area contributed by atoms with Crippen LogP contribution in [0.25, 0.3) is 0 Å². The van der Waals surface area contributed by atoms with Crippen molar-refractivity contribution in [1.29, 1.82) is 0 Å². The van der Waals surface area contributed by atoms with Crippen LogP contribution in [0.5, 0.6) is 0 Å². The lowest BCUT2D eigenvalue weighted by Crippen LogP contribution is -2.28. The molecule has 0 bridgehead atoms. The lowest BCUT2D eigenvalue weighted by Gasteiger charge is -2.33. The second kappa shape index (κ2) is 7.85. The molecule has 144 valence electrons. The molecule has 0 saturated heterocycles.